The van der Waals surface area contributed by atoms with Crippen LogP contribution in [-0.4, -0.2) is 86.1 Å². The maximum atomic E-state index is 14.2. The quantitative estimate of drug-likeness (QED) is 0.197. The zero-order chi connectivity index (χ0) is 33.8. The average molecular weight is 649 g/mol. The molecule has 10 heteroatoms. The molecule has 6 N–H and O–H groups in total. The maximum Gasteiger partial charge on any atom is 0.352 e. The van der Waals surface area contributed by atoms with Crippen molar-refractivity contribution in [2.24, 2.45) is 44.8 Å². The van der Waals surface area contributed by atoms with E-state index < -0.39 is 66.3 Å². The van der Waals surface area contributed by atoms with Gasteiger partial charge in [0.15, 0.2) is 0 Å². The Kier molecular flexibility index (Phi) is 8.50. The topological polar surface area (TPSA) is 166 Å². The minimum atomic E-state index is -1.68. The Morgan fingerprint density at radius 1 is 0.935 bits per heavy atom. The first-order chi connectivity index (χ1) is 21.4. The average Bonchev–Trinajstić information content (AvgIpc) is 3.00. The molecule has 0 spiro atoms. The summed E-state index contributed by atoms with van der Waals surface area (Å²) in [4.78, 5) is 25.0. The van der Waals surface area contributed by atoms with Crippen molar-refractivity contribution >= 4 is 5.97 Å². The summed E-state index contributed by atoms with van der Waals surface area (Å²) in [6.45, 7) is 15.1. The third-order valence-corrected chi connectivity index (χ3v) is 14.8. The van der Waals surface area contributed by atoms with Crippen LogP contribution in [0.3, 0.4) is 0 Å². The molecule has 260 valence electrons. The van der Waals surface area contributed by atoms with E-state index >= 15 is 0 Å². The number of allylic oxidation sites excluding steroid dienone is 3. The van der Waals surface area contributed by atoms with Crippen LogP contribution in [-0.2, 0) is 19.3 Å². The maximum absolute atomic E-state index is 14.2. The second kappa shape index (κ2) is 11.3. The Morgan fingerprint density at radius 2 is 1.63 bits per heavy atom. The molecule has 0 aromatic heterocycles. The highest BCUT2D eigenvalue weighted by Crippen LogP contribution is 2.75. The molecule has 0 unspecified atom stereocenters. The molecule has 1 aliphatic heterocycles. The van der Waals surface area contributed by atoms with E-state index in [1.807, 2.05) is 0 Å². The molecule has 6 aliphatic rings. The van der Waals surface area contributed by atoms with Crippen LogP contribution < -0.4 is 0 Å². The van der Waals surface area contributed by atoms with E-state index in [4.69, 9.17) is 14.5 Å². The normalized spacial score (nSPS) is 51.6. The van der Waals surface area contributed by atoms with Gasteiger partial charge in [0.1, 0.15) is 24.4 Å². The summed E-state index contributed by atoms with van der Waals surface area (Å²) in [5.74, 6) is 0.288. The first-order valence-corrected chi connectivity index (χ1v) is 17.4. The zero-order valence-electron chi connectivity index (χ0n) is 28.5. The molecule has 6 rings (SSSR count). The van der Waals surface area contributed by atoms with Gasteiger partial charge < -0.3 is 35.4 Å². The van der Waals surface area contributed by atoms with Crippen molar-refractivity contribution in [1.29, 1.82) is 0 Å². The number of aliphatic hydroxyl groups is 6. The van der Waals surface area contributed by atoms with Crippen molar-refractivity contribution in [3.63, 3.8) is 0 Å². The van der Waals surface area contributed by atoms with Crippen molar-refractivity contribution in [1.82, 2.24) is 0 Å². The van der Waals surface area contributed by atoms with E-state index in [1.54, 1.807) is 0 Å². The third kappa shape index (κ3) is 4.54. The van der Waals surface area contributed by atoms with Crippen LogP contribution in [0.4, 0.5) is 0 Å². The Balaban J connectivity index is 1.34. The van der Waals surface area contributed by atoms with Crippen LogP contribution in [0.5, 0.6) is 0 Å². The fourth-order valence-electron chi connectivity index (χ4n) is 11.7. The largest absolute Gasteiger partial charge is 0.394 e. The minimum Gasteiger partial charge on any atom is -0.394 e. The van der Waals surface area contributed by atoms with Gasteiger partial charge in [0.05, 0.1) is 24.2 Å². The highest BCUT2D eigenvalue weighted by Gasteiger charge is 2.69. The SMILES string of the molecule is CC1=C2C3=CC[C@@H]4[C@@]5(C)C[C@@H](O)[C@H](O)C(C)(C)[C@@H]5CC[C@@]4(C)[C@]3(C)CC[C@@]2(C(=O)OO[C@H]2O[C@H](CO)[C@@H](O)[C@H](O)[C@H]2O)CC[C@H]1C. The highest BCUT2D eigenvalue weighted by atomic mass is 17.2. The van der Waals surface area contributed by atoms with E-state index in [-0.39, 0.29) is 28.1 Å². The van der Waals surface area contributed by atoms with Crippen molar-refractivity contribution in [3.8, 4) is 0 Å². The zero-order valence-corrected chi connectivity index (χ0v) is 28.5. The molecule has 1 saturated heterocycles. The summed E-state index contributed by atoms with van der Waals surface area (Å²) in [5, 5.41) is 62.5. The molecule has 0 aromatic rings. The smallest absolute Gasteiger partial charge is 0.352 e. The Morgan fingerprint density at radius 3 is 2.30 bits per heavy atom. The third-order valence-electron chi connectivity index (χ3n) is 14.8. The van der Waals surface area contributed by atoms with Crippen LogP contribution in [0.15, 0.2) is 22.8 Å². The van der Waals surface area contributed by atoms with E-state index in [2.05, 4.69) is 54.5 Å². The van der Waals surface area contributed by atoms with Crippen molar-refractivity contribution in [3.05, 3.63) is 22.8 Å². The molecular formula is C36H56O10. The summed E-state index contributed by atoms with van der Waals surface area (Å²) in [7, 11) is 0. The van der Waals surface area contributed by atoms with Gasteiger partial charge in [-0.2, -0.15) is 0 Å². The van der Waals surface area contributed by atoms with E-state index in [9.17, 15) is 35.4 Å². The molecule has 14 atom stereocenters. The monoisotopic (exact) mass is 648 g/mol. The fourth-order valence-corrected chi connectivity index (χ4v) is 11.7. The fraction of sp³-hybridized carbons (Fsp3) is 0.861. The Bertz CT molecular complexity index is 1290. The first-order valence-electron chi connectivity index (χ1n) is 17.4. The Hall–Kier alpha value is -1.37. The number of hydrogen-bond acceptors (Lipinski definition) is 10. The van der Waals surface area contributed by atoms with Crippen molar-refractivity contribution in [2.75, 3.05) is 6.61 Å². The molecular weight excluding hydrogens is 592 g/mol. The molecule has 3 saturated carbocycles. The van der Waals surface area contributed by atoms with Crippen LogP contribution in [0, 0.1) is 44.8 Å². The van der Waals surface area contributed by atoms with Crippen LogP contribution in [0.25, 0.3) is 0 Å². The molecule has 0 amide bonds. The summed E-state index contributed by atoms with van der Waals surface area (Å²) >= 11 is 0. The van der Waals surface area contributed by atoms with Gasteiger partial charge >= 0.3 is 5.97 Å². The summed E-state index contributed by atoms with van der Waals surface area (Å²) < 4.78 is 5.43. The molecule has 0 radical (unpaired) electrons. The molecule has 5 aliphatic carbocycles. The molecule has 10 nitrogen and oxygen atoms in total. The first kappa shape index (κ1) is 34.5. The number of rotatable bonds is 4. The van der Waals surface area contributed by atoms with Gasteiger partial charge in [0, 0.05) is 0 Å². The second-order valence-electron chi connectivity index (χ2n) is 17.0. The predicted octanol–water partition coefficient (Wildman–Crippen LogP) is 3.31. The van der Waals surface area contributed by atoms with Gasteiger partial charge in [-0.1, -0.05) is 53.2 Å². The summed E-state index contributed by atoms with van der Waals surface area (Å²) in [6, 6.07) is 0. The summed E-state index contributed by atoms with van der Waals surface area (Å²) in [5.41, 5.74) is 1.58. The Labute approximate surface area is 272 Å². The predicted molar refractivity (Wildman–Crippen MR) is 167 cm³/mol. The lowest BCUT2D eigenvalue weighted by atomic mass is 9.34. The van der Waals surface area contributed by atoms with Crippen molar-refractivity contribution < 1.29 is 49.9 Å². The van der Waals surface area contributed by atoms with E-state index in [1.165, 1.54) is 11.1 Å². The number of carbonyl (C=O) groups is 1. The lowest BCUT2D eigenvalue weighted by Crippen LogP contribution is -2.66. The lowest BCUT2D eigenvalue weighted by Gasteiger charge is -2.70. The van der Waals surface area contributed by atoms with Gasteiger partial charge in [0.2, 0.25) is 6.29 Å². The van der Waals surface area contributed by atoms with Crippen LogP contribution >= 0.6 is 0 Å². The van der Waals surface area contributed by atoms with E-state index in [0.29, 0.717) is 25.2 Å². The van der Waals surface area contributed by atoms with Gasteiger partial charge in [-0.25, -0.2) is 4.79 Å². The number of ether oxygens (including phenoxy) is 1. The van der Waals surface area contributed by atoms with E-state index in [0.717, 1.165) is 37.7 Å². The number of fused-ring (bicyclic) bond motifs is 7. The van der Waals surface area contributed by atoms with Crippen LogP contribution in [0.2, 0.25) is 0 Å². The lowest BCUT2D eigenvalue weighted by molar-refractivity contribution is -0.407. The van der Waals surface area contributed by atoms with Gasteiger partial charge in [-0.05, 0) is 109 Å². The highest BCUT2D eigenvalue weighted by molar-refractivity contribution is 5.83. The second-order valence-corrected chi connectivity index (χ2v) is 17.0. The number of hydrogen-bond donors (Lipinski definition) is 6. The molecule has 4 fully saturated rings. The minimum absolute atomic E-state index is 0.0999. The molecule has 0 bridgehead atoms. The molecule has 1 heterocycles. The van der Waals surface area contributed by atoms with Gasteiger partial charge in [-0.15, -0.1) is 4.89 Å². The van der Waals surface area contributed by atoms with Crippen molar-refractivity contribution in [2.45, 2.75) is 143 Å². The van der Waals surface area contributed by atoms with Gasteiger partial charge in [-0.3, -0.25) is 4.89 Å². The number of aliphatic hydroxyl groups excluding tert-OH is 6. The standard InChI is InChI=1S/C36H56O10/c1-18-10-13-36(31(43)46-45-30-28(41)27(40)26(39)22(17-37)44-30)15-14-34(6)20(25(36)19(18)2)8-9-24-33(5)16-21(38)29(42)32(3,4)23(33)11-12-35(24,34)7/h8,18,21-24,26-30,37-42H,9-17H2,1-7H3/t18-,21-,22-,23+,24-,26-,27+,28-,29+,30-,33+,34-,35-,36+/m1/s1. The summed E-state index contributed by atoms with van der Waals surface area (Å²) in [6.07, 6.45) is -0.681. The molecule has 46 heavy (non-hydrogen) atoms. The van der Waals surface area contributed by atoms with Crippen LogP contribution in [0.1, 0.15) is 99.8 Å². The van der Waals surface area contributed by atoms with Gasteiger partial charge in [0.25, 0.3) is 0 Å². The number of carbonyl (C=O) groups excluding carboxylic acids is 1. The molecule has 0 aromatic carbocycles.